The molecule has 0 fully saturated rings. The largest absolute Gasteiger partial charge is 0.396 e. The molecule has 0 aliphatic carbocycles. The van der Waals surface area contributed by atoms with Crippen molar-refractivity contribution in [2.24, 2.45) is 0 Å². The standard InChI is InChI=1S/C20H19FN2O3S/c21-16-9-14(13-5-2-1-3-6-13)10-17-20(16)23-19(27-17)11-18(26)22-12-15(25)7-4-8-24/h1-3,5-6,9-10,24H,4,7-8,11-12H2,(H,22,26). The third kappa shape index (κ3) is 4.96. The number of nitrogens with one attached hydrogen (secondary N) is 1. The van der Waals surface area contributed by atoms with E-state index < -0.39 is 5.82 Å². The van der Waals surface area contributed by atoms with Crippen LogP contribution < -0.4 is 5.32 Å². The van der Waals surface area contributed by atoms with Crippen LogP contribution in [-0.4, -0.2) is 34.9 Å². The van der Waals surface area contributed by atoms with Crippen LogP contribution in [0.1, 0.15) is 17.8 Å². The number of rotatable bonds is 8. The third-order valence-electron chi connectivity index (χ3n) is 4.01. The number of hydrogen-bond donors (Lipinski definition) is 2. The molecular weight excluding hydrogens is 367 g/mol. The predicted molar refractivity (Wildman–Crippen MR) is 103 cm³/mol. The molecule has 7 heteroatoms. The van der Waals surface area contributed by atoms with Gasteiger partial charge in [-0.3, -0.25) is 9.59 Å². The van der Waals surface area contributed by atoms with E-state index in [9.17, 15) is 14.0 Å². The van der Waals surface area contributed by atoms with Crippen LogP contribution in [0, 0.1) is 5.82 Å². The van der Waals surface area contributed by atoms with Gasteiger partial charge in [-0.25, -0.2) is 9.37 Å². The van der Waals surface area contributed by atoms with Crippen LogP contribution in [0.25, 0.3) is 21.3 Å². The molecule has 0 saturated carbocycles. The molecule has 1 aromatic heterocycles. The van der Waals surface area contributed by atoms with E-state index in [1.54, 1.807) is 0 Å². The molecule has 0 aliphatic rings. The lowest BCUT2D eigenvalue weighted by Gasteiger charge is -2.02. The molecule has 0 unspecified atom stereocenters. The minimum absolute atomic E-state index is 0.00721. The summed E-state index contributed by atoms with van der Waals surface area (Å²) in [7, 11) is 0. The van der Waals surface area contributed by atoms with Gasteiger partial charge in [0.05, 0.1) is 17.7 Å². The van der Waals surface area contributed by atoms with Crippen LogP contribution in [0.15, 0.2) is 42.5 Å². The Morgan fingerprint density at radius 1 is 1.15 bits per heavy atom. The van der Waals surface area contributed by atoms with Gasteiger partial charge in [0, 0.05) is 13.0 Å². The normalized spacial score (nSPS) is 10.9. The molecule has 3 rings (SSSR count). The molecule has 0 spiro atoms. The van der Waals surface area contributed by atoms with E-state index >= 15 is 0 Å². The summed E-state index contributed by atoms with van der Waals surface area (Å²) in [5.74, 6) is -0.899. The van der Waals surface area contributed by atoms with Gasteiger partial charge in [-0.05, 0) is 29.7 Å². The number of hydrogen-bond acceptors (Lipinski definition) is 5. The number of thiazole rings is 1. The van der Waals surface area contributed by atoms with Gasteiger partial charge in [0.25, 0.3) is 0 Å². The monoisotopic (exact) mass is 386 g/mol. The van der Waals surface area contributed by atoms with Gasteiger partial charge in [-0.2, -0.15) is 0 Å². The van der Waals surface area contributed by atoms with E-state index in [1.165, 1.54) is 17.4 Å². The summed E-state index contributed by atoms with van der Waals surface area (Å²) >= 11 is 1.27. The minimum atomic E-state index is -0.423. The van der Waals surface area contributed by atoms with Crippen LogP contribution in [0.4, 0.5) is 4.39 Å². The molecule has 1 heterocycles. The number of Topliss-reactive ketones (excluding diaryl/α,β-unsaturated/α-hetero) is 1. The second-order valence-corrected chi connectivity index (χ2v) is 7.21. The average molecular weight is 386 g/mol. The van der Waals surface area contributed by atoms with Crippen molar-refractivity contribution in [1.29, 1.82) is 0 Å². The van der Waals surface area contributed by atoms with Gasteiger partial charge in [0.15, 0.2) is 11.6 Å². The average Bonchev–Trinajstić information content (AvgIpc) is 3.08. The molecule has 27 heavy (non-hydrogen) atoms. The van der Waals surface area contributed by atoms with E-state index in [2.05, 4.69) is 10.3 Å². The number of ketones is 1. The molecule has 2 aromatic carbocycles. The fourth-order valence-electron chi connectivity index (χ4n) is 2.67. The Morgan fingerprint density at radius 3 is 2.67 bits per heavy atom. The van der Waals surface area contributed by atoms with Gasteiger partial charge in [0.1, 0.15) is 10.5 Å². The molecule has 0 bridgehead atoms. The Hall–Kier alpha value is -2.64. The van der Waals surface area contributed by atoms with Crippen molar-refractivity contribution in [2.45, 2.75) is 19.3 Å². The summed E-state index contributed by atoms with van der Waals surface area (Å²) < 4.78 is 15.1. The number of benzene rings is 2. The zero-order chi connectivity index (χ0) is 19.2. The van der Waals surface area contributed by atoms with Crippen LogP contribution in [0.5, 0.6) is 0 Å². The zero-order valence-corrected chi connectivity index (χ0v) is 15.4. The lowest BCUT2D eigenvalue weighted by Crippen LogP contribution is -2.30. The number of aromatic nitrogens is 1. The van der Waals surface area contributed by atoms with Crippen LogP contribution in [0.2, 0.25) is 0 Å². The Labute approximate surface area is 159 Å². The second kappa shape index (κ2) is 8.83. The van der Waals surface area contributed by atoms with Crippen molar-refractivity contribution in [3.8, 4) is 11.1 Å². The maximum absolute atomic E-state index is 14.4. The van der Waals surface area contributed by atoms with Gasteiger partial charge in [-0.15, -0.1) is 11.3 Å². The highest BCUT2D eigenvalue weighted by atomic mass is 32.1. The van der Waals surface area contributed by atoms with Gasteiger partial charge >= 0.3 is 0 Å². The molecule has 3 aromatic rings. The highest BCUT2D eigenvalue weighted by Gasteiger charge is 2.14. The van der Waals surface area contributed by atoms with Crippen molar-refractivity contribution in [2.75, 3.05) is 13.2 Å². The van der Waals surface area contributed by atoms with Crippen molar-refractivity contribution in [3.05, 3.63) is 53.3 Å². The number of fused-ring (bicyclic) bond motifs is 1. The molecular formula is C20H19FN2O3S. The maximum atomic E-state index is 14.4. The molecule has 0 saturated heterocycles. The summed E-state index contributed by atoms with van der Waals surface area (Å²) in [4.78, 5) is 27.8. The first kappa shape index (κ1) is 19.1. The Kier molecular flexibility index (Phi) is 6.26. The van der Waals surface area contributed by atoms with E-state index in [1.807, 2.05) is 36.4 Å². The number of aliphatic hydroxyl groups is 1. The fourth-order valence-corrected chi connectivity index (χ4v) is 3.69. The maximum Gasteiger partial charge on any atom is 0.227 e. The molecule has 0 radical (unpaired) electrons. The van der Waals surface area contributed by atoms with Crippen LogP contribution >= 0.6 is 11.3 Å². The number of nitrogens with zero attached hydrogens (tertiary/aromatic N) is 1. The van der Waals surface area contributed by atoms with Crippen molar-refractivity contribution in [3.63, 3.8) is 0 Å². The highest BCUT2D eigenvalue weighted by molar-refractivity contribution is 7.18. The van der Waals surface area contributed by atoms with Crippen molar-refractivity contribution in [1.82, 2.24) is 10.3 Å². The lowest BCUT2D eigenvalue weighted by molar-refractivity contribution is -0.124. The number of halogens is 1. The van der Waals surface area contributed by atoms with E-state index in [0.717, 1.165) is 11.1 Å². The van der Waals surface area contributed by atoms with Gasteiger partial charge in [-0.1, -0.05) is 30.3 Å². The molecule has 140 valence electrons. The number of aliphatic hydroxyl groups excluding tert-OH is 1. The first-order valence-corrected chi connectivity index (χ1v) is 9.42. The number of carbonyl (C=O) groups excluding carboxylic acids is 2. The van der Waals surface area contributed by atoms with E-state index in [4.69, 9.17) is 5.11 Å². The zero-order valence-electron chi connectivity index (χ0n) is 14.6. The molecule has 1 amide bonds. The Bertz CT molecular complexity index is 957. The van der Waals surface area contributed by atoms with Crippen molar-refractivity contribution < 1.29 is 19.1 Å². The lowest BCUT2D eigenvalue weighted by atomic mass is 10.1. The molecule has 5 nitrogen and oxygen atoms in total. The van der Waals surface area contributed by atoms with Crippen LogP contribution in [-0.2, 0) is 16.0 Å². The Morgan fingerprint density at radius 2 is 1.93 bits per heavy atom. The smallest absolute Gasteiger partial charge is 0.227 e. The SMILES string of the molecule is O=C(CCCO)CNC(=O)Cc1nc2c(F)cc(-c3ccccc3)cc2s1. The third-order valence-corrected chi connectivity index (χ3v) is 5.01. The Balaban J connectivity index is 1.70. The summed E-state index contributed by atoms with van der Waals surface area (Å²) in [5.41, 5.74) is 1.92. The van der Waals surface area contributed by atoms with E-state index in [-0.39, 0.29) is 43.2 Å². The van der Waals surface area contributed by atoms with Gasteiger partial charge in [0.2, 0.25) is 5.91 Å². The highest BCUT2D eigenvalue weighted by Crippen LogP contribution is 2.30. The van der Waals surface area contributed by atoms with Gasteiger partial charge < -0.3 is 10.4 Å². The minimum Gasteiger partial charge on any atom is -0.396 e. The molecule has 0 atom stereocenters. The summed E-state index contributed by atoms with van der Waals surface area (Å²) in [6.07, 6.45) is 0.605. The van der Waals surface area contributed by atoms with Crippen LogP contribution in [0.3, 0.4) is 0 Å². The van der Waals surface area contributed by atoms with E-state index in [0.29, 0.717) is 16.1 Å². The predicted octanol–water partition coefficient (Wildman–Crippen LogP) is 3.10. The number of carbonyl (C=O) groups is 2. The summed E-state index contributed by atoms with van der Waals surface area (Å²) in [5, 5.41) is 11.7. The summed E-state index contributed by atoms with van der Waals surface area (Å²) in [6, 6.07) is 12.8. The first-order chi connectivity index (χ1) is 13.1. The topological polar surface area (TPSA) is 79.3 Å². The number of amides is 1. The molecule has 2 N–H and O–H groups in total. The quantitative estimate of drug-likeness (QED) is 0.624. The second-order valence-electron chi connectivity index (χ2n) is 6.10. The fraction of sp³-hybridized carbons (Fsp3) is 0.250. The first-order valence-electron chi connectivity index (χ1n) is 8.60. The summed E-state index contributed by atoms with van der Waals surface area (Å²) in [6.45, 7) is -0.127. The molecule has 0 aliphatic heterocycles. The van der Waals surface area contributed by atoms with Crippen molar-refractivity contribution >= 4 is 33.2 Å².